The summed E-state index contributed by atoms with van der Waals surface area (Å²) >= 11 is 0. The lowest BCUT2D eigenvalue weighted by atomic mass is 10.0. The van der Waals surface area contributed by atoms with E-state index in [9.17, 15) is 29.6 Å². The molecule has 1 unspecified atom stereocenters. The van der Waals surface area contributed by atoms with Crippen molar-refractivity contribution in [2.24, 2.45) is 0 Å². The Morgan fingerprint density at radius 3 is 2.41 bits per heavy atom. The number of hydrazine groups is 1. The molecular weight excluding hydrogens is 532 g/mol. The number of phenols is 1. The Bertz CT molecular complexity index is 1600. The van der Waals surface area contributed by atoms with Crippen LogP contribution in [0.15, 0.2) is 83.5 Å². The Kier molecular flexibility index (Phi) is 8.63. The second-order valence-corrected chi connectivity index (χ2v) is 8.82. The lowest BCUT2D eigenvalue weighted by Gasteiger charge is -2.17. The molecule has 4 rings (SSSR count). The maximum Gasteiger partial charge on any atom is 0.338 e. The molecular formula is C29H26N4O8. The highest BCUT2D eigenvalue weighted by molar-refractivity contribution is 6.01. The summed E-state index contributed by atoms with van der Waals surface area (Å²) in [6.45, 7) is 4.01. The van der Waals surface area contributed by atoms with Gasteiger partial charge in [-0.25, -0.2) is 4.79 Å². The Labute approximate surface area is 234 Å². The van der Waals surface area contributed by atoms with Crippen LogP contribution in [-0.4, -0.2) is 34.4 Å². The van der Waals surface area contributed by atoms with Gasteiger partial charge >= 0.3 is 17.6 Å². The number of hydrogen-bond acceptors (Lipinski definition) is 9. The number of nitrogens with one attached hydrogen (secondary N) is 3. The number of nitro groups is 1. The summed E-state index contributed by atoms with van der Waals surface area (Å²) in [4.78, 5) is 47.3. The number of ether oxygens (including phenoxy) is 1. The predicted molar refractivity (Wildman–Crippen MR) is 148 cm³/mol. The largest absolute Gasteiger partial charge is 0.502 e. The van der Waals surface area contributed by atoms with Gasteiger partial charge in [0.25, 0.3) is 5.91 Å². The number of anilines is 1. The van der Waals surface area contributed by atoms with E-state index in [1.54, 1.807) is 31.2 Å². The number of phenolic OH excluding ortho intramolecular Hbond substituents is 1. The van der Waals surface area contributed by atoms with E-state index in [0.29, 0.717) is 23.3 Å². The van der Waals surface area contributed by atoms with Gasteiger partial charge in [-0.2, -0.15) is 0 Å². The maximum absolute atomic E-state index is 12.7. The number of furan rings is 1. The Morgan fingerprint density at radius 1 is 0.976 bits per heavy atom. The lowest BCUT2D eigenvalue weighted by Crippen LogP contribution is -2.41. The smallest absolute Gasteiger partial charge is 0.338 e. The fourth-order valence-electron chi connectivity index (χ4n) is 4.00. The summed E-state index contributed by atoms with van der Waals surface area (Å²) < 4.78 is 10.4. The fourth-order valence-corrected chi connectivity index (χ4v) is 4.00. The van der Waals surface area contributed by atoms with Crippen LogP contribution in [0.2, 0.25) is 0 Å². The molecule has 0 saturated carbocycles. The first-order valence-electron chi connectivity index (χ1n) is 12.5. The van der Waals surface area contributed by atoms with E-state index in [4.69, 9.17) is 9.15 Å². The first-order valence-corrected chi connectivity index (χ1v) is 12.5. The maximum atomic E-state index is 12.7. The van der Waals surface area contributed by atoms with Gasteiger partial charge < -0.3 is 19.6 Å². The van der Waals surface area contributed by atoms with E-state index < -0.39 is 34.1 Å². The van der Waals surface area contributed by atoms with E-state index in [-0.39, 0.29) is 17.4 Å². The van der Waals surface area contributed by atoms with E-state index >= 15 is 0 Å². The standard InChI is InChI=1S/C29H26N4O8/c1-3-40-29(37)21-5-4-6-22(15-21)30-17(2)18-7-9-19(10-8-18)23-13-14-41-26(23)28(36)32-31-27(35)20-11-12-25(34)24(16-20)33(38)39/h4-17,30,34H,3H2,1-2H3,(H,31,35)(H,32,36). The molecule has 4 N–H and O–H groups in total. The zero-order chi connectivity index (χ0) is 29.5. The third-order valence-electron chi connectivity index (χ3n) is 6.07. The minimum atomic E-state index is -0.828. The zero-order valence-electron chi connectivity index (χ0n) is 22.0. The van der Waals surface area contributed by atoms with Gasteiger partial charge in [0.15, 0.2) is 5.75 Å². The van der Waals surface area contributed by atoms with Gasteiger partial charge in [0, 0.05) is 28.9 Å². The molecule has 0 spiro atoms. The molecule has 4 aromatic rings. The summed E-state index contributed by atoms with van der Waals surface area (Å²) in [5.74, 6) is -2.61. The Hall–Kier alpha value is -5.65. The van der Waals surface area contributed by atoms with E-state index in [1.165, 1.54) is 12.3 Å². The molecule has 41 heavy (non-hydrogen) atoms. The average Bonchev–Trinajstić information content (AvgIpc) is 3.46. The summed E-state index contributed by atoms with van der Waals surface area (Å²) in [5, 5.41) is 23.9. The van der Waals surface area contributed by atoms with Crippen LogP contribution in [0, 0.1) is 10.1 Å². The Morgan fingerprint density at radius 2 is 1.71 bits per heavy atom. The van der Waals surface area contributed by atoms with Crippen LogP contribution < -0.4 is 16.2 Å². The topological polar surface area (TPSA) is 173 Å². The molecule has 0 aliphatic rings. The summed E-state index contributed by atoms with van der Waals surface area (Å²) in [5.41, 5.74) is 6.93. The van der Waals surface area contributed by atoms with E-state index in [0.717, 1.165) is 23.4 Å². The molecule has 210 valence electrons. The SMILES string of the molecule is CCOC(=O)c1cccc(NC(C)c2ccc(-c3ccoc3C(=O)NNC(=O)c3ccc(O)c([N+](=O)[O-])c3)cc2)c1. The molecule has 1 atom stereocenters. The van der Waals surface area contributed by atoms with Gasteiger partial charge in [-0.15, -0.1) is 0 Å². The van der Waals surface area contributed by atoms with Gasteiger partial charge in [0.05, 0.1) is 23.4 Å². The molecule has 0 radical (unpaired) electrons. The van der Waals surface area contributed by atoms with Crippen molar-refractivity contribution in [1.82, 2.24) is 10.9 Å². The van der Waals surface area contributed by atoms with Crippen LogP contribution in [0.4, 0.5) is 11.4 Å². The van der Waals surface area contributed by atoms with Gasteiger partial charge in [-0.1, -0.05) is 30.3 Å². The molecule has 1 aromatic heterocycles. The van der Waals surface area contributed by atoms with Crippen LogP contribution in [0.5, 0.6) is 5.75 Å². The number of rotatable bonds is 9. The zero-order valence-corrected chi connectivity index (χ0v) is 22.0. The lowest BCUT2D eigenvalue weighted by molar-refractivity contribution is -0.385. The van der Waals surface area contributed by atoms with Crippen molar-refractivity contribution in [3.63, 3.8) is 0 Å². The van der Waals surface area contributed by atoms with Crippen molar-refractivity contribution in [2.45, 2.75) is 19.9 Å². The van der Waals surface area contributed by atoms with Crippen LogP contribution >= 0.6 is 0 Å². The van der Waals surface area contributed by atoms with Crippen molar-refractivity contribution in [2.75, 3.05) is 11.9 Å². The first kappa shape index (κ1) is 28.4. The van der Waals surface area contributed by atoms with Crippen LogP contribution in [-0.2, 0) is 4.74 Å². The molecule has 1 heterocycles. The average molecular weight is 559 g/mol. The van der Waals surface area contributed by atoms with Gasteiger partial charge in [0.1, 0.15) is 0 Å². The van der Waals surface area contributed by atoms with Crippen LogP contribution in [0.3, 0.4) is 0 Å². The van der Waals surface area contributed by atoms with Crippen LogP contribution in [0.25, 0.3) is 11.1 Å². The van der Waals surface area contributed by atoms with Crippen molar-refractivity contribution < 1.29 is 33.6 Å². The number of benzene rings is 3. The molecule has 0 bridgehead atoms. The number of carbonyl (C=O) groups excluding carboxylic acids is 3. The third-order valence-corrected chi connectivity index (χ3v) is 6.07. The highest BCUT2D eigenvalue weighted by Gasteiger charge is 2.20. The molecule has 0 aliphatic heterocycles. The number of carbonyl (C=O) groups is 3. The molecule has 12 heteroatoms. The van der Waals surface area contributed by atoms with Gasteiger partial charge in [0.2, 0.25) is 5.76 Å². The number of hydrogen-bond donors (Lipinski definition) is 4. The van der Waals surface area contributed by atoms with Gasteiger partial charge in [-0.05, 0) is 61.4 Å². The van der Waals surface area contributed by atoms with Crippen molar-refractivity contribution in [3.8, 4) is 16.9 Å². The minimum Gasteiger partial charge on any atom is -0.502 e. The normalized spacial score (nSPS) is 11.3. The summed E-state index contributed by atoms with van der Waals surface area (Å²) in [7, 11) is 0. The van der Waals surface area contributed by atoms with Crippen molar-refractivity contribution >= 4 is 29.2 Å². The summed E-state index contributed by atoms with van der Waals surface area (Å²) in [6.07, 6.45) is 1.34. The monoisotopic (exact) mass is 558 g/mol. The highest BCUT2D eigenvalue weighted by atomic mass is 16.6. The number of nitrogens with zero attached hydrogens (tertiary/aromatic N) is 1. The second-order valence-electron chi connectivity index (χ2n) is 8.82. The predicted octanol–water partition coefficient (Wildman–Crippen LogP) is 4.99. The number of aromatic hydroxyl groups is 1. The first-order chi connectivity index (χ1) is 19.7. The van der Waals surface area contributed by atoms with Gasteiger partial charge in [-0.3, -0.25) is 30.6 Å². The number of amides is 2. The summed E-state index contributed by atoms with van der Waals surface area (Å²) in [6, 6.07) is 19.0. The number of nitro benzene ring substituents is 1. The number of esters is 1. The molecule has 0 saturated heterocycles. The quantitative estimate of drug-likeness (QED) is 0.125. The molecule has 12 nitrogen and oxygen atoms in total. The van der Waals surface area contributed by atoms with Crippen molar-refractivity contribution in [3.05, 3.63) is 112 Å². The minimum absolute atomic E-state index is 0.0586. The fraction of sp³-hybridized carbons (Fsp3) is 0.138. The highest BCUT2D eigenvalue weighted by Crippen LogP contribution is 2.28. The molecule has 3 aromatic carbocycles. The van der Waals surface area contributed by atoms with Crippen LogP contribution in [0.1, 0.15) is 56.7 Å². The van der Waals surface area contributed by atoms with E-state index in [2.05, 4.69) is 16.2 Å². The van der Waals surface area contributed by atoms with Crippen molar-refractivity contribution in [1.29, 1.82) is 0 Å². The Balaban J connectivity index is 1.41. The molecule has 2 amide bonds. The third kappa shape index (κ3) is 6.68. The molecule has 0 aliphatic carbocycles. The second kappa shape index (κ2) is 12.5. The molecule has 0 fully saturated rings. The van der Waals surface area contributed by atoms with E-state index in [1.807, 2.05) is 37.3 Å².